The highest BCUT2D eigenvalue weighted by atomic mass is 16.5. The molecule has 13 heavy (non-hydrogen) atoms. The Labute approximate surface area is 81.3 Å². The maximum absolute atomic E-state index is 10.5. The number of rotatable bonds is 6. The summed E-state index contributed by atoms with van der Waals surface area (Å²) in [6.07, 6.45) is 2.45. The quantitative estimate of drug-likeness (QED) is 0.465. The Morgan fingerprint density at radius 3 is 2.38 bits per heavy atom. The Balaban J connectivity index is 3.56. The first-order valence-corrected chi connectivity index (χ1v) is 4.93. The van der Waals surface area contributed by atoms with Crippen LogP contribution in [0.1, 0.15) is 26.7 Å². The maximum atomic E-state index is 10.5. The third kappa shape index (κ3) is 7.78. The van der Waals surface area contributed by atoms with Gasteiger partial charge in [-0.1, -0.05) is 13.3 Å². The van der Waals surface area contributed by atoms with Gasteiger partial charge in [-0.2, -0.15) is 0 Å². The molecule has 0 aromatic rings. The molecule has 0 rings (SSSR count). The van der Waals surface area contributed by atoms with Crippen molar-refractivity contribution in [1.29, 1.82) is 0 Å². The van der Waals surface area contributed by atoms with Gasteiger partial charge in [-0.3, -0.25) is 4.79 Å². The largest absolute Gasteiger partial charge is 0.460 e. The average Bonchev–Trinajstić information content (AvgIpc) is 2.00. The maximum Gasteiger partial charge on any atom is 0.302 e. The van der Waals surface area contributed by atoms with E-state index in [0.29, 0.717) is 6.61 Å². The Hall–Kier alpha value is -0.570. The number of hydrogen-bond donors (Lipinski definition) is 0. The SMILES string of the molecule is CCCC[N+](C)(C)CCOC(C)=O. The zero-order valence-corrected chi connectivity index (χ0v) is 9.30. The number of esters is 1. The van der Waals surface area contributed by atoms with Crippen LogP contribution in [0.25, 0.3) is 0 Å². The molecule has 0 spiro atoms. The summed E-state index contributed by atoms with van der Waals surface area (Å²) in [4.78, 5) is 10.5. The molecule has 0 amide bonds. The Bertz CT molecular complexity index is 155. The zero-order chi connectivity index (χ0) is 10.3. The summed E-state index contributed by atoms with van der Waals surface area (Å²) >= 11 is 0. The molecule has 0 radical (unpaired) electrons. The van der Waals surface area contributed by atoms with Crippen molar-refractivity contribution in [2.45, 2.75) is 26.7 Å². The standard InChI is InChI=1S/C10H22NO2/c1-5-6-7-11(3,4)8-9-13-10(2)12/h5-9H2,1-4H3/q+1. The monoisotopic (exact) mass is 188 g/mol. The number of quaternary nitrogens is 1. The number of unbranched alkanes of at least 4 members (excludes halogenated alkanes) is 1. The van der Waals surface area contributed by atoms with Gasteiger partial charge < -0.3 is 9.22 Å². The van der Waals surface area contributed by atoms with Crippen LogP contribution in [-0.2, 0) is 9.53 Å². The number of carbonyl (C=O) groups is 1. The second kappa shape index (κ2) is 5.97. The lowest BCUT2D eigenvalue weighted by atomic mass is 10.3. The molecule has 0 aromatic carbocycles. The fourth-order valence-corrected chi connectivity index (χ4v) is 1.13. The van der Waals surface area contributed by atoms with Crippen molar-refractivity contribution in [3.05, 3.63) is 0 Å². The Morgan fingerprint density at radius 2 is 1.92 bits per heavy atom. The highest BCUT2D eigenvalue weighted by Gasteiger charge is 2.13. The van der Waals surface area contributed by atoms with E-state index >= 15 is 0 Å². The second-order valence-electron chi connectivity index (χ2n) is 4.08. The van der Waals surface area contributed by atoms with Crippen molar-refractivity contribution in [1.82, 2.24) is 0 Å². The van der Waals surface area contributed by atoms with Crippen LogP contribution >= 0.6 is 0 Å². The van der Waals surface area contributed by atoms with Crippen LogP contribution in [0.15, 0.2) is 0 Å². The molecule has 3 heteroatoms. The Morgan fingerprint density at radius 1 is 1.31 bits per heavy atom. The molecule has 0 saturated heterocycles. The fourth-order valence-electron chi connectivity index (χ4n) is 1.13. The summed E-state index contributed by atoms with van der Waals surface area (Å²) in [5.41, 5.74) is 0. The van der Waals surface area contributed by atoms with Gasteiger partial charge in [0.1, 0.15) is 13.2 Å². The average molecular weight is 188 g/mol. The first-order valence-electron chi connectivity index (χ1n) is 4.93. The zero-order valence-electron chi connectivity index (χ0n) is 9.30. The molecule has 0 aliphatic heterocycles. The molecular formula is C10H22NO2+. The van der Waals surface area contributed by atoms with E-state index in [2.05, 4.69) is 21.0 Å². The van der Waals surface area contributed by atoms with Crippen LogP contribution < -0.4 is 0 Å². The van der Waals surface area contributed by atoms with Crippen molar-refractivity contribution in [2.24, 2.45) is 0 Å². The van der Waals surface area contributed by atoms with Gasteiger partial charge in [0, 0.05) is 6.92 Å². The van der Waals surface area contributed by atoms with Gasteiger partial charge >= 0.3 is 5.97 Å². The molecule has 0 atom stereocenters. The van der Waals surface area contributed by atoms with E-state index in [-0.39, 0.29) is 5.97 Å². The van der Waals surface area contributed by atoms with Crippen molar-refractivity contribution in [3.8, 4) is 0 Å². The summed E-state index contributed by atoms with van der Waals surface area (Å²) in [5.74, 6) is -0.185. The van der Waals surface area contributed by atoms with Crippen LogP contribution in [0.2, 0.25) is 0 Å². The minimum Gasteiger partial charge on any atom is -0.460 e. The predicted octanol–water partition coefficient (Wildman–Crippen LogP) is 1.43. The minimum absolute atomic E-state index is 0.185. The smallest absolute Gasteiger partial charge is 0.302 e. The van der Waals surface area contributed by atoms with Gasteiger partial charge in [-0.15, -0.1) is 0 Å². The first-order chi connectivity index (χ1) is 5.98. The fraction of sp³-hybridized carbons (Fsp3) is 0.900. The highest BCUT2D eigenvalue weighted by Crippen LogP contribution is 2.01. The van der Waals surface area contributed by atoms with E-state index < -0.39 is 0 Å². The van der Waals surface area contributed by atoms with Crippen LogP contribution in [0, 0.1) is 0 Å². The molecule has 0 unspecified atom stereocenters. The molecule has 0 aliphatic carbocycles. The summed E-state index contributed by atoms with van der Waals surface area (Å²) in [7, 11) is 4.33. The van der Waals surface area contributed by atoms with Crippen molar-refractivity contribution < 1.29 is 14.0 Å². The summed E-state index contributed by atoms with van der Waals surface area (Å²) in [6, 6.07) is 0. The first kappa shape index (κ1) is 12.4. The van der Waals surface area contributed by atoms with Crippen LogP contribution in [-0.4, -0.2) is 44.2 Å². The lowest BCUT2D eigenvalue weighted by molar-refractivity contribution is -0.890. The predicted molar refractivity (Wildman–Crippen MR) is 53.4 cm³/mol. The third-order valence-corrected chi connectivity index (χ3v) is 2.12. The van der Waals surface area contributed by atoms with Gasteiger partial charge in [0.25, 0.3) is 0 Å². The lowest BCUT2D eigenvalue weighted by Crippen LogP contribution is -2.43. The topological polar surface area (TPSA) is 26.3 Å². The Kier molecular flexibility index (Phi) is 5.71. The van der Waals surface area contributed by atoms with Crippen LogP contribution in [0.3, 0.4) is 0 Å². The normalized spacial score (nSPS) is 11.4. The van der Waals surface area contributed by atoms with Gasteiger partial charge in [0.2, 0.25) is 0 Å². The van der Waals surface area contributed by atoms with Gasteiger partial charge in [0.15, 0.2) is 0 Å². The number of hydrogen-bond acceptors (Lipinski definition) is 2. The molecule has 0 heterocycles. The molecule has 0 aromatic heterocycles. The number of ether oxygens (including phenoxy) is 1. The van der Waals surface area contributed by atoms with E-state index in [4.69, 9.17) is 4.74 Å². The molecule has 3 nitrogen and oxygen atoms in total. The molecule has 0 fully saturated rings. The molecule has 0 N–H and O–H groups in total. The summed E-state index contributed by atoms with van der Waals surface area (Å²) in [6.45, 7) is 6.22. The molecular weight excluding hydrogens is 166 g/mol. The van der Waals surface area contributed by atoms with Gasteiger partial charge in [0.05, 0.1) is 20.6 Å². The molecule has 0 aliphatic rings. The summed E-state index contributed by atoms with van der Waals surface area (Å²) in [5, 5.41) is 0. The second-order valence-corrected chi connectivity index (χ2v) is 4.08. The summed E-state index contributed by atoms with van der Waals surface area (Å²) < 4.78 is 5.83. The van der Waals surface area contributed by atoms with E-state index in [9.17, 15) is 4.79 Å². The van der Waals surface area contributed by atoms with E-state index in [1.165, 1.54) is 19.8 Å². The van der Waals surface area contributed by atoms with Gasteiger partial charge in [-0.05, 0) is 6.42 Å². The molecule has 78 valence electrons. The van der Waals surface area contributed by atoms with Crippen LogP contribution in [0.5, 0.6) is 0 Å². The lowest BCUT2D eigenvalue weighted by Gasteiger charge is -2.29. The minimum atomic E-state index is -0.185. The van der Waals surface area contributed by atoms with E-state index in [1.807, 2.05) is 0 Å². The van der Waals surface area contributed by atoms with Crippen molar-refractivity contribution >= 4 is 5.97 Å². The van der Waals surface area contributed by atoms with Crippen molar-refractivity contribution in [2.75, 3.05) is 33.8 Å². The molecule has 0 saturated carbocycles. The number of carbonyl (C=O) groups excluding carboxylic acids is 1. The molecule has 0 bridgehead atoms. The van der Waals surface area contributed by atoms with E-state index in [0.717, 1.165) is 17.6 Å². The number of nitrogens with zero attached hydrogens (tertiary/aromatic N) is 1. The van der Waals surface area contributed by atoms with Crippen LogP contribution in [0.4, 0.5) is 0 Å². The van der Waals surface area contributed by atoms with E-state index in [1.54, 1.807) is 0 Å². The highest BCUT2D eigenvalue weighted by molar-refractivity contribution is 5.65. The van der Waals surface area contributed by atoms with Gasteiger partial charge in [-0.25, -0.2) is 0 Å². The van der Waals surface area contributed by atoms with Crippen molar-refractivity contribution in [3.63, 3.8) is 0 Å². The third-order valence-electron chi connectivity index (χ3n) is 2.12. The number of likely N-dealkylation sites (N-methyl/N-ethyl adjacent to an activating group) is 1.